The second-order valence-corrected chi connectivity index (χ2v) is 5.66. The summed E-state index contributed by atoms with van der Waals surface area (Å²) in [6, 6.07) is 5.69. The number of hydrogen-bond donors (Lipinski definition) is 2. The molecule has 0 aromatic heterocycles. The van der Waals surface area contributed by atoms with Gasteiger partial charge in [-0.3, -0.25) is 0 Å². The molecule has 1 atom stereocenters. The molecule has 0 aliphatic carbocycles. The van der Waals surface area contributed by atoms with E-state index in [2.05, 4.69) is 10.6 Å². The lowest BCUT2D eigenvalue weighted by Crippen LogP contribution is -2.36. The third-order valence-electron chi connectivity index (χ3n) is 3.88. The molecule has 1 aliphatic rings. The highest BCUT2D eigenvalue weighted by molar-refractivity contribution is 5.73. The second-order valence-electron chi connectivity index (χ2n) is 5.66. The van der Waals surface area contributed by atoms with Crippen molar-refractivity contribution in [2.45, 2.75) is 44.8 Å². The van der Waals surface area contributed by atoms with Crippen molar-refractivity contribution in [3.63, 3.8) is 0 Å². The summed E-state index contributed by atoms with van der Waals surface area (Å²) in [6.45, 7) is 1.46. The van der Waals surface area contributed by atoms with Gasteiger partial charge >= 0.3 is 6.03 Å². The Kier molecular flexibility index (Phi) is 6.82. The maximum absolute atomic E-state index is 13.6. The SMILES string of the molecule is N#Cc1ccc(F)c(CNC(=O)NCCCC2CCCCO2)c1. The summed E-state index contributed by atoms with van der Waals surface area (Å²) in [7, 11) is 0. The molecule has 5 nitrogen and oxygen atoms in total. The molecule has 1 unspecified atom stereocenters. The smallest absolute Gasteiger partial charge is 0.315 e. The molecule has 2 N–H and O–H groups in total. The normalized spacial score (nSPS) is 17.3. The van der Waals surface area contributed by atoms with Crippen molar-refractivity contribution in [3.8, 4) is 6.07 Å². The van der Waals surface area contributed by atoms with E-state index >= 15 is 0 Å². The number of hydrogen-bond acceptors (Lipinski definition) is 3. The minimum atomic E-state index is -0.432. The Balaban J connectivity index is 1.64. The Morgan fingerprint density at radius 1 is 1.39 bits per heavy atom. The average Bonchev–Trinajstić information content (AvgIpc) is 2.59. The zero-order valence-electron chi connectivity index (χ0n) is 13.1. The van der Waals surface area contributed by atoms with E-state index in [0.29, 0.717) is 23.8 Å². The van der Waals surface area contributed by atoms with Gasteiger partial charge in [-0.2, -0.15) is 5.26 Å². The van der Waals surface area contributed by atoms with Crippen LogP contribution < -0.4 is 10.6 Å². The Hall–Kier alpha value is -2.13. The lowest BCUT2D eigenvalue weighted by molar-refractivity contribution is 0.0103. The predicted octanol–water partition coefficient (Wildman–Crippen LogP) is 2.85. The summed E-state index contributed by atoms with van der Waals surface area (Å²) in [6.07, 6.45) is 5.57. The molecule has 124 valence electrons. The van der Waals surface area contributed by atoms with E-state index in [-0.39, 0.29) is 12.6 Å². The molecule has 0 spiro atoms. The summed E-state index contributed by atoms with van der Waals surface area (Å²) in [5.41, 5.74) is 0.672. The van der Waals surface area contributed by atoms with Crippen LogP contribution in [0.2, 0.25) is 0 Å². The van der Waals surface area contributed by atoms with Crippen molar-refractivity contribution in [2.24, 2.45) is 0 Å². The molecule has 0 bridgehead atoms. The lowest BCUT2D eigenvalue weighted by atomic mass is 10.0. The molecule has 6 heteroatoms. The highest BCUT2D eigenvalue weighted by atomic mass is 19.1. The minimum Gasteiger partial charge on any atom is -0.378 e. The van der Waals surface area contributed by atoms with E-state index in [4.69, 9.17) is 10.00 Å². The van der Waals surface area contributed by atoms with E-state index in [1.54, 1.807) is 0 Å². The maximum atomic E-state index is 13.6. The van der Waals surface area contributed by atoms with Gasteiger partial charge in [0.25, 0.3) is 0 Å². The van der Waals surface area contributed by atoms with Crippen LogP contribution in [0.3, 0.4) is 0 Å². The van der Waals surface area contributed by atoms with Gasteiger partial charge in [-0.05, 0) is 50.3 Å². The zero-order valence-corrected chi connectivity index (χ0v) is 13.1. The molecule has 1 aromatic rings. The van der Waals surface area contributed by atoms with Crippen molar-refractivity contribution in [1.29, 1.82) is 5.26 Å². The number of halogens is 1. The molecule has 1 saturated heterocycles. The van der Waals surface area contributed by atoms with Gasteiger partial charge in [0, 0.05) is 25.3 Å². The highest BCUT2D eigenvalue weighted by Crippen LogP contribution is 2.16. The number of rotatable bonds is 6. The number of nitriles is 1. The number of amides is 2. The molecule has 1 aromatic carbocycles. The van der Waals surface area contributed by atoms with E-state index in [1.807, 2.05) is 6.07 Å². The Morgan fingerprint density at radius 3 is 3.00 bits per heavy atom. The monoisotopic (exact) mass is 319 g/mol. The van der Waals surface area contributed by atoms with Gasteiger partial charge in [0.15, 0.2) is 0 Å². The first-order chi connectivity index (χ1) is 11.2. The van der Waals surface area contributed by atoms with Gasteiger partial charge in [-0.15, -0.1) is 0 Å². The summed E-state index contributed by atoms with van der Waals surface area (Å²) in [5, 5.41) is 14.1. The van der Waals surface area contributed by atoms with Gasteiger partial charge < -0.3 is 15.4 Å². The van der Waals surface area contributed by atoms with Gasteiger partial charge in [0.2, 0.25) is 0 Å². The summed E-state index contributed by atoms with van der Waals surface area (Å²) in [4.78, 5) is 11.7. The Labute approximate surface area is 135 Å². The van der Waals surface area contributed by atoms with Crippen LogP contribution >= 0.6 is 0 Å². The topological polar surface area (TPSA) is 74.2 Å². The first kappa shape index (κ1) is 17.2. The Morgan fingerprint density at radius 2 is 2.26 bits per heavy atom. The van der Waals surface area contributed by atoms with Gasteiger partial charge in [-0.25, -0.2) is 9.18 Å². The third kappa shape index (κ3) is 5.87. The quantitative estimate of drug-likeness (QED) is 0.792. The predicted molar refractivity (Wildman–Crippen MR) is 84.2 cm³/mol. The van der Waals surface area contributed by atoms with Crippen LogP contribution in [-0.4, -0.2) is 25.3 Å². The van der Waals surface area contributed by atoms with Crippen molar-refractivity contribution in [3.05, 3.63) is 35.1 Å². The minimum absolute atomic E-state index is 0.0545. The van der Waals surface area contributed by atoms with Gasteiger partial charge in [-0.1, -0.05) is 0 Å². The zero-order chi connectivity index (χ0) is 16.5. The molecule has 2 rings (SSSR count). The van der Waals surface area contributed by atoms with Crippen LogP contribution in [0.1, 0.15) is 43.2 Å². The number of ether oxygens (including phenoxy) is 1. The molecule has 0 radical (unpaired) electrons. The standard InChI is InChI=1S/C17H22FN3O2/c18-16-7-6-13(11-19)10-14(16)12-21-17(22)20-8-3-5-15-4-1-2-9-23-15/h6-7,10,15H,1-5,8-9,12H2,(H2,20,21,22). The first-order valence-electron chi connectivity index (χ1n) is 8.01. The molecule has 2 amide bonds. The van der Waals surface area contributed by atoms with E-state index in [0.717, 1.165) is 32.3 Å². The Bertz CT molecular complexity index is 565. The fraction of sp³-hybridized carbons (Fsp3) is 0.529. The van der Waals surface area contributed by atoms with Crippen molar-refractivity contribution in [1.82, 2.24) is 10.6 Å². The van der Waals surface area contributed by atoms with Gasteiger partial charge in [0.1, 0.15) is 5.82 Å². The first-order valence-corrected chi connectivity index (χ1v) is 8.01. The highest BCUT2D eigenvalue weighted by Gasteiger charge is 2.13. The molecule has 1 heterocycles. The van der Waals surface area contributed by atoms with Crippen LogP contribution in [0.15, 0.2) is 18.2 Å². The van der Waals surface area contributed by atoms with Crippen LogP contribution in [0.25, 0.3) is 0 Å². The molecular weight excluding hydrogens is 297 g/mol. The third-order valence-corrected chi connectivity index (χ3v) is 3.88. The van der Waals surface area contributed by atoms with E-state index in [1.165, 1.54) is 24.6 Å². The number of nitrogens with zero attached hydrogens (tertiary/aromatic N) is 1. The molecule has 1 aliphatic heterocycles. The van der Waals surface area contributed by atoms with Crippen molar-refractivity contribution < 1.29 is 13.9 Å². The molecule has 23 heavy (non-hydrogen) atoms. The largest absolute Gasteiger partial charge is 0.378 e. The van der Waals surface area contributed by atoms with Crippen LogP contribution in [-0.2, 0) is 11.3 Å². The summed E-state index contributed by atoms with van der Waals surface area (Å²) >= 11 is 0. The van der Waals surface area contributed by atoms with Crippen LogP contribution in [0.4, 0.5) is 9.18 Å². The second kappa shape index (κ2) is 9.11. The van der Waals surface area contributed by atoms with Gasteiger partial charge in [0.05, 0.1) is 17.7 Å². The average molecular weight is 319 g/mol. The summed E-state index contributed by atoms with van der Waals surface area (Å²) in [5.74, 6) is -0.432. The number of urea groups is 1. The van der Waals surface area contributed by atoms with Crippen LogP contribution in [0.5, 0.6) is 0 Å². The maximum Gasteiger partial charge on any atom is 0.315 e. The lowest BCUT2D eigenvalue weighted by Gasteiger charge is -2.22. The van der Waals surface area contributed by atoms with E-state index in [9.17, 15) is 9.18 Å². The fourth-order valence-corrected chi connectivity index (χ4v) is 2.58. The van der Waals surface area contributed by atoms with E-state index < -0.39 is 5.82 Å². The number of carbonyl (C=O) groups excluding carboxylic acids is 1. The van der Waals surface area contributed by atoms with Crippen LogP contribution in [0, 0.1) is 17.1 Å². The summed E-state index contributed by atoms with van der Waals surface area (Å²) < 4.78 is 19.2. The van der Waals surface area contributed by atoms with Crippen molar-refractivity contribution in [2.75, 3.05) is 13.2 Å². The van der Waals surface area contributed by atoms with Crippen molar-refractivity contribution >= 4 is 6.03 Å². The molecular formula is C17H22FN3O2. The number of nitrogens with one attached hydrogen (secondary N) is 2. The fourth-order valence-electron chi connectivity index (χ4n) is 2.58. The molecule has 1 fully saturated rings. The number of benzene rings is 1. The molecule has 0 saturated carbocycles. The number of carbonyl (C=O) groups is 1.